The van der Waals surface area contributed by atoms with Crippen LogP contribution in [0, 0.1) is 0 Å². The molecule has 0 aromatic carbocycles. The van der Waals surface area contributed by atoms with Crippen LogP contribution in [0.25, 0.3) is 0 Å². The molecule has 1 N–H and O–H groups in total. The molecule has 0 unspecified atom stereocenters. The smallest absolute Gasteiger partial charge is 0.248 e. The maximum Gasteiger partial charge on any atom is 0.248 e. The Morgan fingerprint density at radius 2 is 2.00 bits per heavy atom. The number of hydrogen-bond acceptors (Lipinski definition) is 4. The van der Waals surface area contributed by atoms with Crippen molar-refractivity contribution in [3.63, 3.8) is 0 Å². The van der Waals surface area contributed by atoms with Gasteiger partial charge in [0.25, 0.3) is 0 Å². The quantitative estimate of drug-likeness (QED) is 0.763. The third-order valence-corrected chi connectivity index (χ3v) is 2.56. The number of amides is 2. The molecule has 1 aromatic rings. The molecule has 17 heavy (non-hydrogen) atoms. The lowest BCUT2D eigenvalue weighted by Gasteiger charge is -2.37. The van der Waals surface area contributed by atoms with E-state index in [1.165, 1.54) is 4.90 Å². The summed E-state index contributed by atoms with van der Waals surface area (Å²) in [5.41, 5.74) is -0.857. The lowest BCUT2D eigenvalue weighted by atomic mass is 10.0. The van der Waals surface area contributed by atoms with Crippen molar-refractivity contribution in [2.24, 2.45) is 0 Å². The van der Waals surface area contributed by atoms with Gasteiger partial charge in [0.05, 0.1) is 6.54 Å². The van der Waals surface area contributed by atoms with Gasteiger partial charge in [-0.2, -0.15) is 0 Å². The Hall–Kier alpha value is -1.98. The largest absolute Gasteiger partial charge is 0.341 e. The van der Waals surface area contributed by atoms with Gasteiger partial charge in [-0.1, -0.05) is 0 Å². The molecule has 2 rings (SSSR count). The second kappa shape index (κ2) is 4.12. The van der Waals surface area contributed by atoms with Crippen molar-refractivity contribution in [1.82, 2.24) is 20.2 Å². The van der Waals surface area contributed by atoms with Crippen molar-refractivity contribution < 1.29 is 9.59 Å². The Morgan fingerprint density at radius 3 is 2.65 bits per heavy atom. The van der Waals surface area contributed by atoms with Crippen LogP contribution in [0.5, 0.6) is 0 Å². The number of nitrogens with one attached hydrogen (secondary N) is 1. The van der Waals surface area contributed by atoms with E-state index in [9.17, 15) is 9.59 Å². The van der Waals surface area contributed by atoms with Crippen LogP contribution in [0.3, 0.4) is 0 Å². The SMILES string of the molecule is CC1(C)NC(=O)CN(Cc2ncccn2)C1=O. The van der Waals surface area contributed by atoms with Crippen LogP contribution in [0.4, 0.5) is 0 Å². The van der Waals surface area contributed by atoms with Crippen molar-refractivity contribution in [1.29, 1.82) is 0 Å². The third-order valence-electron chi connectivity index (χ3n) is 2.56. The fourth-order valence-electron chi connectivity index (χ4n) is 1.79. The molecule has 0 bridgehead atoms. The second-order valence-corrected chi connectivity index (χ2v) is 4.50. The minimum absolute atomic E-state index is 0.0561. The zero-order valence-electron chi connectivity index (χ0n) is 9.80. The van der Waals surface area contributed by atoms with Gasteiger partial charge < -0.3 is 10.2 Å². The molecule has 1 aliphatic heterocycles. The number of nitrogens with zero attached hydrogens (tertiary/aromatic N) is 3. The highest BCUT2D eigenvalue weighted by Gasteiger charge is 2.39. The van der Waals surface area contributed by atoms with Crippen molar-refractivity contribution in [2.75, 3.05) is 6.54 Å². The third kappa shape index (κ3) is 2.41. The van der Waals surface area contributed by atoms with Gasteiger partial charge in [0.15, 0.2) is 0 Å². The van der Waals surface area contributed by atoms with E-state index in [1.54, 1.807) is 32.3 Å². The van der Waals surface area contributed by atoms with Crippen LogP contribution in [0.2, 0.25) is 0 Å². The molecule has 0 saturated carbocycles. The Bertz CT molecular complexity index is 444. The predicted molar refractivity (Wildman–Crippen MR) is 59.7 cm³/mol. The van der Waals surface area contributed by atoms with E-state index in [-0.39, 0.29) is 24.9 Å². The standard InChI is InChI=1S/C11H14N4O2/c1-11(2)10(17)15(7-9(16)14-11)6-8-12-4-3-5-13-8/h3-5H,6-7H2,1-2H3,(H,14,16). The second-order valence-electron chi connectivity index (χ2n) is 4.50. The minimum atomic E-state index is -0.857. The van der Waals surface area contributed by atoms with E-state index in [0.29, 0.717) is 5.82 Å². The average molecular weight is 234 g/mol. The molecule has 6 heteroatoms. The van der Waals surface area contributed by atoms with Crippen LogP contribution >= 0.6 is 0 Å². The molecule has 0 atom stereocenters. The first kappa shape index (κ1) is 11.5. The maximum atomic E-state index is 12.1. The van der Waals surface area contributed by atoms with Gasteiger partial charge in [-0.15, -0.1) is 0 Å². The first-order valence-corrected chi connectivity index (χ1v) is 5.35. The molecule has 2 amide bonds. The minimum Gasteiger partial charge on any atom is -0.341 e. The van der Waals surface area contributed by atoms with E-state index < -0.39 is 5.54 Å². The molecule has 2 heterocycles. The van der Waals surface area contributed by atoms with E-state index in [0.717, 1.165) is 0 Å². The van der Waals surface area contributed by atoms with Crippen LogP contribution in [-0.4, -0.2) is 38.8 Å². The molecule has 0 spiro atoms. The lowest BCUT2D eigenvalue weighted by Crippen LogP contribution is -2.63. The summed E-state index contributed by atoms with van der Waals surface area (Å²) in [4.78, 5) is 33.1. The maximum absolute atomic E-state index is 12.1. The van der Waals surface area contributed by atoms with E-state index >= 15 is 0 Å². The summed E-state index contributed by atoms with van der Waals surface area (Å²) in [7, 11) is 0. The average Bonchev–Trinajstić information content (AvgIpc) is 2.26. The highest BCUT2D eigenvalue weighted by atomic mass is 16.2. The Balaban J connectivity index is 2.15. The molecule has 0 aliphatic carbocycles. The van der Waals surface area contributed by atoms with E-state index in [4.69, 9.17) is 0 Å². The van der Waals surface area contributed by atoms with Crippen LogP contribution < -0.4 is 5.32 Å². The Kier molecular flexibility index (Phi) is 2.79. The van der Waals surface area contributed by atoms with Gasteiger partial charge in [0.2, 0.25) is 11.8 Å². The normalized spacial score (nSPS) is 19.1. The number of rotatable bonds is 2. The lowest BCUT2D eigenvalue weighted by molar-refractivity contribution is -0.149. The number of carbonyl (C=O) groups is 2. The summed E-state index contributed by atoms with van der Waals surface area (Å²) in [5.74, 6) is 0.251. The summed E-state index contributed by atoms with van der Waals surface area (Å²) in [6, 6.07) is 1.71. The van der Waals surface area contributed by atoms with Crippen molar-refractivity contribution in [2.45, 2.75) is 25.9 Å². The van der Waals surface area contributed by atoms with Crippen LogP contribution in [0.15, 0.2) is 18.5 Å². The van der Waals surface area contributed by atoms with Gasteiger partial charge in [0, 0.05) is 12.4 Å². The topological polar surface area (TPSA) is 75.2 Å². The van der Waals surface area contributed by atoms with Gasteiger partial charge in [-0.05, 0) is 19.9 Å². The summed E-state index contributed by atoms with van der Waals surface area (Å²) in [5, 5.41) is 2.65. The summed E-state index contributed by atoms with van der Waals surface area (Å²) in [6.07, 6.45) is 3.23. The highest BCUT2D eigenvalue weighted by Crippen LogP contribution is 2.14. The first-order valence-electron chi connectivity index (χ1n) is 5.35. The summed E-state index contributed by atoms with van der Waals surface area (Å²) < 4.78 is 0. The van der Waals surface area contributed by atoms with Gasteiger partial charge in [-0.25, -0.2) is 9.97 Å². The monoisotopic (exact) mass is 234 g/mol. The van der Waals surface area contributed by atoms with E-state index in [2.05, 4.69) is 15.3 Å². The number of carbonyl (C=O) groups excluding carboxylic acids is 2. The molecule has 0 radical (unpaired) electrons. The zero-order chi connectivity index (χ0) is 12.5. The fourth-order valence-corrected chi connectivity index (χ4v) is 1.79. The predicted octanol–water partition coefficient (Wildman–Crippen LogP) is -0.286. The van der Waals surface area contributed by atoms with Crippen LogP contribution in [-0.2, 0) is 16.1 Å². The Labute approximate surface area is 99.1 Å². The van der Waals surface area contributed by atoms with Crippen molar-refractivity contribution in [3.8, 4) is 0 Å². The first-order chi connectivity index (χ1) is 7.99. The van der Waals surface area contributed by atoms with Gasteiger partial charge >= 0.3 is 0 Å². The molecular weight excluding hydrogens is 220 g/mol. The van der Waals surface area contributed by atoms with Crippen molar-refractivity contribution >= 4 is 11.8 Å². The van der Waals surface area contributed by atoms with Gasteiger partial charge in [-0.3, -0.25) is 9.59 Å². The molecular formula is C11H14N4O2. The zero-order valence-corrected chi connectivity index (χ0v) is 9.80. The van der Waals surface area contributed by atoms with Crippen LogP contribution in [0.1, 0.15) is 19.7 Å². The van der Waals surface area contributed by atoms with E-state index in [1.807, 2.05) is 0 Å². The number of aromatic nitrogens is 2. The molecule has 1 aromatic heterocycles. The molecule has 1 fully saturated rings. The summed E-state index contributed by atoms with van der Waals surface area (Å²) >= 11 is 0. The highest BCUT2D eigenvalue weighted by molar-refractivity contribution is 5.97. The molecule has 1 aliphatic rings. The number of piperazine rings is 1. The molecule has 6 nitrogen and oxygen atoms in total. The number of hydrogen-bond donors (Lipinski definition) is 1. The summed E-state index contributed by atoms with van der Waals surface area (Å²) in [6.45, 7) is 3.69. The molecule has 1 saturated heterocycles. The van der Waals surface area contributed by atoms with Gasteiger partial charge in [0.1, 0.15) is 17.9 Å². The molecule has 90 valence electrons. The fraction of sp³-hybridized carbons (Fsp3) is 0.455. The van der Waals surface area contributed by atoms with Crippen molar-refractivity contribution in [3.05, 3.63) is 24.3 Å². The Morgan fingerprint density at radius 1 is 1.35 bits per heavy atom.